The van der Waals surface area contributed by atoms with Crippen LogP contribution in [0.3, 0.4) is 0 Å². The van der Waals surface area contributed by atoms with Gasteiger partial charge in [-0.3, -0.25) is 0 Å². The van der Waals surface area contributed by atoms with Crippen molar-refractivity contribution >= 4 is 80.0 Å². The monoisotopic (exact) mass is 769 g/mol. The number of anilines is 6. The second-order valence-corrected chi connectivity index (χ2v) is 22.8. The standard InChI is InChI=1S/C54H51N3Si/c1-38-18-23-44(24-19-38)55(42-14-10-8-11-15-42)47-25-20-39-35-51-50-33-30-48(56(43-16-12-9-13-17-43)45-28-31-49(32-29-45)58(5,6)7)37-53(50)57(52(51)36-40(39)34-47)46-26-21-41(22-27-46)54(2,3)4/h8-37H,1-7H3. The highest BCUT2D eigenvalue weighted by molar-refractivity contribution is 6.88. The van der Waals surface area contributed by atoms with Crippen LogP contribution in [0.25, 0.3) is 38.3 Å². The van der Waals surface area contributed by atoms with E-state index in [4.69, 9.17) is 0 Å². The molecule has 286 valence electrons. The molecule has 9 rings (SSSR count). The summed E-state index contributed by atoms with van der Waals surface area (Å²) in [6, 6.07) is 67.4. The number of fused-ring (bicyclic) bond motifs is 4. The Morgan fingerprint density at radius 1 is 0.431 bits per heavy atom. The lowest BCUT2D eigenvalue weighted by atomic mass is 9.87. The molecule has 0 bridgehead atoms. The van der Waals surface area contributed by atoms with Crippen LogP contribution in [0.15, 0.2) is 182 Å². The maximum Gasteiger partial charge on any atom is 0.0775 e. The number of hydrogen-bond donors (Lipinski definition) is 0. The van der Waals surface area contributed by atoms with Gasteiger partial charge < -0.3 is 14.4 Å². The molecule has 0 aliphatic heterocycles. The SMILES string of the molecule is Cc1ccc(N(c2ccccc2)c2ccc3cc4c5ccc(N(c6ccccc6)c6ccc([Si](C)(C)C)cc6)cc5n(-c5ccc(C(C)(C)C)cc5)c4cc3c2)cc1. The van der Waals surface area contributed by atoms with Crippen molar-refractivity contribution in [3.05, 3.63) is 193 Å². The van der Waals surface area contributed by atoms with Crippen molar-refractivity contribution in [2.75, 3.05) is 9.80 Å². The van der Waals surface area contributed by atoms with Crippen LogP contribution < -0.4 is 15.0 Å². The Hall–Kier alpha value is -6.36. The van der Waals surface area contributed by atoms with Crippen LogP contribution in [0.5, 0.6) is 0 Å². The van der Waals surface area contributed by atoms with Gasteiger partial charge in [-0.15, -0.1) is 0 Å². The van der Waals surface area contributed by atoms with Crippen LogP contribution >= 0.6 is 0 Å². The molecular weight excluding hydrogens is 719 g/mol. The molecule has 0 N–H and O–H groups in total. The average molecular weight is 770 g/mol. The van der Waals surface area contributed by atoms with E-state index in [9.17, 15) is 0 Å². The van der Waals surface area contributed by atoms with Crippen molar-refractivity contribution in [1.29, 1.82) is 0 Å². The van der Waals surface area contributed by atoms with E-state index in [0.29, 0.717) is 0 Å². The van der Waals surface area contributed by atoms with E-state index in [1.165, 1.54) is 48.9 Å². The summed E-state index contributed by atoms with van der Waals surface area (Å²) in [5.74, 6) is 0. The summed E-state index contributed by atoms with van der Waals surface area (Å²) in [6.45, 7) is 16.2. The van der Waals surface area contributed by atoms with E-state index < -0.39 is 8.07 Å². The Morgan fingerprint density at radius 3 is 1.50 bits per heavy atom. The van der Waals surface area contributed by atoms with Crippen molar-refractivity contribution < 1.29 is 0 Å². The fraction of sp³-hybridized carbons (Fsp3) is 0.148. The molecule has 4 heteroatoms. The van der Waals surface area contributed by atoms with Gasteiger partial charge in [-0.2, -0.15) is 0 Å². The van der Waals surface area contributed by atoms with Crippen LogP contribution in [-0.2, 0) is 5.41 Å². The number of benzene rings is 8. The molecule has 0 atom stereocenters. The van der Waals surface area contributed by atoms with Gasteiger partial charge in [-0.05, 0) is 126 Å². The summed E-state index contributed by atoms with van der Waals surface area (Å²) in [5, 5.41) is 6.34. The largest absolute Gasteiger partial charge is 0.310 e. The second kappa shape index (κ2) is 14.5. The molecule has 1 heterocycles. The Bertz CT molecular complexity index is 2880. The van der Waals surface area contributed by atoms with Gasteiger partial charge in [0.25, 0.3) is 0 Å². The first-order chi connectivity index (χ1) is 27.9. The highest BCUT2D eigenvalue weighted by atomic mass is 28.3. The predicted molar refractivity (Wildman–Crippen MR) is 254 cm³/mol. The molecule has 58 heavy (non-hydrogen) atoms. The Labute approximate surface area is 344 Å². The first kappa shape index (κ1) is 37.2. The summed E-state index contributed by atoms with van der Waals surface area (Å²) < 4.78 is 2.47. The van der Waals surface area contributed by atoms with Crippen molar-refractivity contribution in [2.45, 2.75) is 52.8 Å². The third kappa shape index (κ3) is 6.99. The lowest BCUT2D eigenvalue weighted by molar-refractivity contribution is 0.590. The smallest absolute Gasteiger partial charge is 0.0775 e. The lowest BCUT2D eigenvalue weighted by Crippen LogP contribution is -2.37. The van der Waals surface area contributed by atoms with E-state index in [1.54, 1.807) is 0 Å². The highest BCUT2D eigenvalue weighted by Gasteiger charge is 2.22. The predicted octanol–water partition coefficient (Wildman–Crippen LogP) is 15.0. The second-order valence-electron chi connectivity index (χ2n) is 17.7. The van der Waals surface area contributed by atoms with E-state index in [1.807, 2.05) is 0 Å². The number of aromatic nitrogens is 1. The van der Waals surface area contributed by atoms with Crippen LogP contribution in [0.4, 0.5) is 34.1 Å². The van der Waals surface area contributed by atoms with Gasteiger partial charge in [-0.25, -0.2) is 0 Å². The average Bonchev–Trinajstić information content (AvgIpc) is 3.53. The minimum Gasteiger partial charge on any atom is -0.310 e. The maximum absolute atomic E-state index is 2.47. The Morgan fingerprint density at radius 2 is 0.931 bits per heavy atom. The van der Waals surface area contributed by atoms with Crippen molar-refractivity contribution in [2.24, 2.45) is 0 Å². The summed E-state index contributed by atoms with van der Waals surface area (Å²) in [6.07, 6.45) is 0. The van der Waals surface area contributed by atoms with Crippen molar-refractivity contribution in [3.8, 4) is 5.69 Å². The summed E-state index contributed by atoms with van der Waals surface area (Å²) >= 11 is 0. The minimum absolute atomic E-state index is 0.0580. The molecule has 3 nitrogen and oxygen atoms in total. The molecular formula is C54H51N3Si. The van der Waals surface area contributed by atoms with E-state index in [2.05, 4.69) is 244 Å². The number of para-hydroxylation sites is 2. The molecule has 9 aromatic rings. The van der Waals surface area contributed by atoms with Crippen LogP contribution in [0.2, 0.25) is 19.6 Å². The number of hydrogen-bond acceptors (Lipinski definition) is 2. The quantitative estimate of drug-likeness (QED) is 0.143. The van der Waals surface area contributed by atoms with E-state index in [-0.39, 0.29) is 5.41 Å². The minimum atomic E-state index is -1.46. The third-order valence-electron chi connectivity index (χ3n) is 11.5. The van der Waals surface area contributed by atoms with Crippen LogP contribution in [0, 0.1) is 6.92 Å². The van der Waals surface area contributed by atoms with E-state index in [0.717, 1.165) is 39.8 Å². The molecule has 8 aromatic carbocycles. The molecule has 0 aliphatic carbocycles. The Balaban J connectivity index is 1.27. The number of nitrogens with zero attached hydrogens (tertiary/aromatic N) is 3. The molecule has 1 aromatic heterocycles. The highest BCUT2D eigenvalue weighted by Crippen LogP contribution is 2.42. The van der Waals surface area contributed by atoms with Gasteiger partial charge in [0.1, 0.15) is 0 Å². The number of rotatable bonds is 8. The molecule has 0 saturated carbocycles. The van der Waals surface area contributed by atoms with Crippen LogP contribution in [-0.4, -0.2) is 12.6 Å². The topological polar surface area (TPSA) is 11.4 Å². The lowest BCUT2D eigenvalue weighted by Gasteiger charge is -2.27. The first-order valence-corrected chi connectivity index (χ1v) is 23.9. The van der Waals surface area contributed by atoms with Gasteiger partial charge in [0.2, 0.25) is 0 Å². The van der Waals surface area contributed by atoms with Crippen molar-refractivity contribution in [1.82, 2.24) is 4.57 Å². The molecule has 0 saturated heterocycles. The van der Waals surface area contributed by atoms with Gasteiger partial charge in [0.15, 0.2) is 0 Å². The number of aryl methyl sites for hydroxylation is 1. The summed E-state index contributed by atoms with van der Waals surface area (Å²) in [5.41, 5.74) is 12.9. The zero-order valence-corrected chi connectivity index (χ0v) is 35.7. The van der Waals surface area contributed by atoms with Crippen molar-refractivity contribution in [3.63, 3.8) is 0 Å². The van der Waals surface area contributed by atoms with Crippen LogP contribution in [0.1, 0.15) is 31.9 Å². The Kier molecular flexibility index (Phi) is 9.33. The zero-order valence-electron chi connectivity index (χ0n) is 34.7. The molecule has 0 fully saturated rings. The van der Waals surface area contributed by atoms with Gasteiger partial charge in [-0.1, -0.05) is 136 Å². The fourth-order valence-electron chi connectivity index (χ4n) is 8.26. The van der Waals surface area contributed by atoms with E-state index >= 15 is 0 Å². The molecule has 0 spiro atoms. The summed E-state index contributed by atoms with van der Waals surface area (Å²) in [7, 11) is -1.46. The van der Waals surface area contributed by atoms with Gasteiger partial charge in [0.05, 0.1) is 19.1 Å². The van der Waals surface area contributed by atoms with Gasteiger partial charge >= 0.3 is 0 Å². The maximum atomic E-state index is 2.47. The molecule has 0 unspecified atom stereocenters. The third-order valence-corrected chi connectivity index (χ3v) is 13.6. The zero-order chi connectivity index (χ0) is 40.2. The first-order valence-electron chi connectivity index (χ1n) is 20.4. The van der Waals surface area contributed by atoms with Gasteiger partial charge in [0, 0.05) is 50.6 Å². The normalized spacial score (nSPS) is 12.1. The molecule has 0 amide bonds. The molecule has 0 radical (unpaired) electrons. The summed E-state index contributed by atoms with van der Waals surface area (Å²) in [4.78, 5) is 4.74. The molecule has 0 aliphatic rings. The fourth-order valence-corrected chi connectivity index (χ4v) is 9.42.